The van der Waals surface area contributed by atoms with Crippen LogP contribution in [0.1, 0.15) is 56.6 Å². The maximum absolute atomic E-state index is 6.38. The second-order valence-electron chi connectivity index (χ2n) is 6.72. The number of hydrogen-bond donors (Lipinski definition) is 1. The largest absolute Gasteiger partial charge is 0.490 e. The van der Waals surface area contributed by atoms with Gasteiger partial charge in [-0.2, -0.15) is 0 Å². The predicted octanol–water partition coefficient (Wildman–Crippen LogP) is 4.20. The first-order valence-electron chi connectivity index (χ1n) is 8.21. The summed E-state index contributed by atoms with van der Waals surface area (Å²) in [5, 5.41) is 3.60. The second-order valence-corrected chi connectivity index (χ2v) is 6.72. The summed E-state index contributed by atoms with van der Waals surface area (Å²) in [5.74, 6) is 2.02. The fraction of sp³-hybridized carbons (Fsp3) is 0.667. The first kappa shape index (κ1) is 13.9. The first-order chi connectivity index (χ1) is 9.72. The Morgan fingerprint density at radius 3 is 2.55 bits per heavy atom. The molecule has 1 N–H and O–H groups in total. The van der Waals surface area contributed by atoms with E-state index in [4.69, 9.17) is 4.74 Å². The van der Waals surface area contributed by atoms with Crippen LogP contribution in [0.2, 0.25) is 0 Å². The van der Waals surface area contributed by atoms with E-state index in [0.717, 1.165) is 24.3 Å². The molecule has 0 saturated heterocycles. The Kier molecular flexibility index (Phi) is 4.30. The van der Waals surface area contributed by atoms with E-state index in [0.29, 0.717) is 6.10 Å². The van der Waals surface area contributed by atoms with Gasteiger partial charge >= 0.3 is 0 Å². The molecule has 0 bridgehead atoms. The van der Waals surface area contributed by atoms with Gasteiger partial charge in [-0.1, -0.05) is 25.1 Å². The number of benzene rings is 1. The number of rotatable bonds is 5. The average molecular weight is 273 g/mol. The standard InChI is InChI=1S/C18H27NO/c1-13-6-10-17(11-7-13)20-18-14(2)4-3-5-15(18)12-19-16-8-9-16/h3-5,13,16-17,19H,6-12H2,1-2H3. The molecule has 0 heterocycles. The van der Waals surface area contributed by atoms with Gasteiger partial charge in [0.2, 0.25) is 0 Å². The van der Waals surface area contributed by atoms with Crippen LogP contribution in [-0.2, 0) is 6.54 Å². The van der Waals surface area contributed by atoms with Crippen molar-refractivity contribution in [2.75, 3.05) is 0 Å². The Morgan fingerprint density at radius 1 is 1.10 bits per heavy atom. The normalized spacial score (nSPS) is 26.5. The third-order valence-corrected chi connectivity index (χ3v) is 4.70. The molecule has 0 amide bonds. The lowest BCUT2D eigenvalue weighted by Crippen LogP contribution is -2.24. The molecule has 2 aliphatic rings. The molecule has 0 atom stereocenters. The number of nitrogens with one attached hydrogen (secondary N) is 1. The molecule has 0 aromatic heterocycles. The van der Waals surface area contributed by atoms with Gasteiger partial charge in [0, 0.05) is 18.2 Å². The molecule has 110 valence electrons. The van der Waals surface area contributed by atoms with E-state index in [9.17, 15) is 0 Å². The van der Waals surface area contributed by atoms with Crippen LogP contribution in [0.25, 0.3) is 0 Å². The van der Waals surface area contributed by atoms with Crippen LogP contribution in [0.15, 0.2) is 18.2 Å². The molecule has 1 aromatic carbocycles. The van der Waals surface area contributed by atoms with Crippen molar-refractivity contribution < 1.29 is 4.74 Å². The van der Waals surface area contributed by atoms with Gasteiger partial charge in [-0.05, 0) is 56.9 Å². The van der Waals surface area contributed by atoms with E-state index in [1.165, 1.54) is 49.7 Å². The van der Waals surface area contributed by atoms with Crippen LogP contribution in [-0.4, -0.2) is 12.1 Å². The lowest BCUT2D eigenvalue weighted by Gasteiger charge is -2.28. The van der Waals surface area contributed by atoms with Crippen molar-refractivity contribution >= 4 is 0 Å². The molecule has 2 aliphatic carbocycles. The van der Waals surface area contributed by atoms with Gasteiger partial charge in [-0.25, -0.2) is 0 Å². The molecule has 20 heavy (non-hydrogen) atoms. The van der Waals surface area contributed by atoms with E-state index in [1.54, 1.807) is 0 Å². The summed E-state index contributed by atoms with van der Waals surface area (Å²) in [7, 11) is 0. The molecule has 0 unspecified atom stereocenters. The minimum Gasteiger partial charge on any atom is -0.490 e. The Balaban J connectivity index is 1.66. The topological polar surface area (TPSA) is 21.3 Å². The van der Waals surface area contributed by atoms with E-state index in [1.807, 2.05) is 0 Å². The molecule has 2 heteroatoms. The highest BCUT2D eigenvalue weighted by molar-refractivity contribution is 5.41. The number of aryl methyl sites for hydroxylation is 1. The van der Waals surface area contributed by atoms with Gasteiger partial charge in [0.25, 0.3) is 0 Å². The minimum atomic E-state index is 0.423. The summed E-state index contributed by atoms with van der Waals surface area (Å²) in [6.07, 6.45) is 8.14. The number of hydrogen-bond acceptors (Lipinski definition) is 2. The summed E-state index contributed by atoms with van der Waals surface area (Å²) in [5.41, 5.74) is 2.61. The third kappa shape index (κ3) is 3.54. The van der Waals surface area contributed by atoms with Crippen LogP contribution in [0, 0.1) is 12.8 Å². The van der Waals surface area contributed by atoms with Gasteiger partial charge in [0.1, 0.15) is 5.75 Å². The smallest absolute Gasteiger partial charge is 0.127 e. The molecular weight excluding hydrogens is 246 g/mol. The maximum atomic E-state index is 6.38. The fourth-order valence-corrected chi connectivity index (χ4v) is 3.08. The SMILES string of the molecule is Cc1cccc(CNC2CC2)c1OC1CCC(C)CC1. The monoisotopic (exact) mass is 273 g/mol. The van der Waals surface area contributed by atoms with Gasteiger partial charge in [0.05, 0.1) is 6.10 Å². The summed E-state index contributed by atoms with van der Waals surface area (Å²) < 4.78 is 6.38. The second kappa shape index (κ2) is 6.17. The van der Waals surface area contributed by atoms with Gasteiger partial charge in [-0.15, -0.1) is 0 Å². The van der Waals surface area contributed by atoms with Crippen molar-refractivity contribution in [2.45, 2.75) is 71.1 Å². The van der Waals surface area contributed by atoms with Crippen molar-refractivity contribution in [3.8, 4) is 5.75 Å². The molecule has 1 aromatic rings. The summed E-state index contributed by atoms with van der Waals surface area (Å²) >= 11 is 0. The van der Waals surface area contributed by atoms with Crippen molar-refractivity contribution in [3.05, 3.63) is 29.3 Å². The average Bonchev–Trinajstić information content (AvgIpc) is 3.26. The number of para-hydroxylation sites is 1. The zero-order chi connectivity index (χ0) is 13.9. The lowest BCUT2D eigenvalue weighted by molar-refractivity contribution is 0.133. The van der Waals surface area contributed by atoms with Crippen molar-refractivity contribution in [1.29, 1.82) is 0 Å². The molecule has 0 spiro atoms. The van der Waals surface area contributed by atoms with Gasteiger partial charge < -0.3 is 10.1 Å². The van der Waals surface area contributed by atoms with Crippen LogP contribution in [0.3, 0.4) is 0 Å². The predicted molar refractivity (Wildman–Crippen MR) is 83.1 cm³/mol. The van der Waals surface area contributed by atoms with E-state index in [2.05, 4.69) is 37.4 Å². The summed E-state index contributed by atoms with van der Waals surface area (Å²) in [4.78, 5) is 0. The minimum absolute atomic E-state index is 0.423. The summed E-state index contributed by atoms with van der Waals surface area (Å²) in [6.45, 7) is 5.47. The van der Waals surface area contributed by atoms with Crippen molar-refractivity contribution in [3.63, 3.8) is 0 Å². The van der Waals surface area contributed by atoms with Crippen molar-refractivity contribution in [1.82, 2.24) is 5.32 Å². The highest BCUT2D eigenvalue weighted by atomic mass is 16.5. The van der Waals surface area contributed by atoms with E-state index < -0.39 is 0 Å². The molecule has 2 fully saturated rings. The van der Waals surface area contributed by atoms with Crippen LogP contribution in [0.5, 0.6) is 5.75 Å². The highest BCUT2D eigenvalue weighted by Crippen LogP contribution is 2.31. The Labute approximate surface area is 122 Å². The lowest BCUT2D eigenvalue weighted by atomic mass is 9.89. The highest BCUT2D eigenvalue weighted by Gasteiger charge is 2.23. The quantitative estimate of drug-likeness (QED) is 0.868. The zero-order valence-corrected chi connectivity index (χ0v) is 12.8. The van der Waals surface area contributed by atoms with E-state index >= 15 is 0 Å². The molecule has 0 radical (unpaired) electrons. The maximum Gasteiger partial charge on any atom is 0.127 e. The molecule has 2 saturated carbocycles. The molecular formula is C18H27NO. The van der Waals surface area contributed by atoms with E-state index in [-0.39, 0.29) is 0 Å². The third-order valence-electron chi connectivity index (χ3n) is 4.70. The molecule has 2 nitrogen and oxygen atoms in total. The van der Waals surface area contributed by atoms with Crippen molar-refractivity contribution in [2.24, 2.45) is 5.92 Å². The fourth-order valence-electron chi connectivity index (χ4n) is 3.08. The van der Waals surface area contributed by atoms with Gasteiger partial charge in [-0.3, -0.25) is 0 Å². The molecule has 3 rings (SSSR count). The summed E-state index contributed by atoms with van der Waals surface area (Å²) in [6, 6.07) is 7.28. The molecule has 0 aliphatic heterocycles. The van der Waals surface area contributed by atoms with Gasteiger partial charge in [0.15, 0.2) is 0 Å². The van der Waals surface area contributed by atoms with Crippen LogP contribution >= 0.6 is 0 Å². The first-order valence-corrected chi connectivity index (χ1v) is 8.21. The Bertz CT molecular complexity index is 445. The zero-order valence-electron chi connectivity index (χ0n) is 12.8. The number of ether oxygens (including phenoxy) is 1. The Hall–Kier alpha value is -1.02. The van der Waals surface area contributed by atoms with Crippen LogP contribution < -0.4 is 10.1 Å². The van der Waals surface area contributed by atoms with Crippen LogP contribution in [0.4, 0.5) is 0 Å². The Morgan fingerprint density at radius 2 is 1.85 bits per heavy atom.